The van der Waals surface area contributed by atoms with Crippen LogP contribution in [0.3, 0.4) is 0 Å². The molecular formula is C15H18BrNO3. The van der Waals surface area contributed by atoms with Crippen molar-refractivity contribution in [3.63, 3.8) is 0 Å². The Morgan fingerprint density at radius 3 is 2.95 bits per heavy atom. The van der Waals surface area contributed by atoms with Gasteiger partial charge in [-0.3, -0.25) is 4.79 Å². The molecule has 0 N–H and O–H groups in total. The lowest BCUT2D eigenvalue weighted by Crippen LogP contribution is -2.53. The number of hydrogen-bond acceptors (Lipinski definition) is 3. The molecule has 0 aromatic heterocycles. The molecule has 0 spiro atoms. The van der Waals surface area contributed by atoms with Gasteiger partial charge < -0.3 is 14.4 Å². The van der Waals surface area contributed by atoms with Crippen molar-refractivity contribution in [3.8, 4) is 5.75 Å². The van der Waals surface area contributed by atoms with E-state index in [1.807, 2.05) is 36.1 Å². The lowest BCUT2D eigenvalue weighted by atomic mass is 10.1. The van der Waals surface area contributed by atoms with E-state index in [1.54, 1.807) is 0 Å². The van der Waals surface area contributed by atoms with Crippen LogP contribution in [0.1, 0.15) is 12.5 Å². The Balaban J connectivity index is 1.68. The summed E-state index contributed by atoms with van der Waals surface area (Å²) in [6.45, 7) is 3.27. The third kappa shape index (κ3) is 2.69. The zero-order chi connectivity index (χ0) is 14.1. The number of amides is 1. The summed E-state index contributed by atoms with van der Waals surface area (Å²) in [5.74, 6) is 0.909. The van der Waals surface area contributed by atoms with Gasteiger partial charge in [-0.2, -0.15) is 0 Å². The Kier molecular flexibility index (Phi) is 3.98. The second-order valence-corrected chi connectivity index (χ2v) is 6.03. The van der Waals surface area contributed by atoms with Crippen LogP contribution < -0.4 is 4.74 Å². The van der Waals surface area contributed by atoms with Crippen LogP contribution in [0, 0.1) is 0 Å². The van der Waals surface area contributed by atoms with E-state index in [0.717, 1.165) is 16.6 Å². The Morgan fingerprint density at radius 2 is 2.20 bits per heavy atom. The summed E-state index contributed by atoms with van der Waals surface area (Å²) < 4.78 is 11.5. The van der Waals surface area contributed by atoms with Crippen LogP contribution in [-0.4, -0.2) is 47.5 Å². The highest BCUT2D eigenvalue weighted by Gasteiger charge is 2.35. The van der Waals surface area contributed by atoms with E-state index in [4.69, 9.17) is 9.47 Å². The number of nitrogens with zero attached hydrogens (tertiary/aromatic N) is 1. The van der Waals surface area contributed by atoms with Crippen molar-refractivity contribution in [3.05, 3.63) is 29.8 Å². The quantitative estimate of drug-likeness (QED) is 0.773. The second-order valence-electron chi connectivity index (χ2n) is 5.38. The summed E-state index contributed by atoms with van der Waals surface area (Å²) in [4.78, 5) is 14.5. The largest absolute Gasteiger partial charge is 0.480 e. The van der Waals surface area contributed by atoms with Gasteiger partial charge in [-0.05, 0) is 18.6 Å². The van der Waals surface area contributed by atoms with Gasteiger partial charge >= 0.3 is 0 Å². The predicted octanol–water partition coefficient (Wildman–Crippen LogP) is 2.00. The zero-order valence-corrected chi connectivity index (χ0v) is 13.0. The molecule has 5 heteroatoms. The smallest absolute Gasteiger partial charge is 0.264 e. The van der Waals surface area contributed by atoms with E-state index in [0.29, 0.717) is 19.5 Å². The van der Waals surface area contributed by atoms with Crippen LogP contribution in [0.4, 0.5) is 0 Å². The van der Waals surface area contributed by atoms with Crippen LogP contribution in [0.2, 0.25) is 0 Å². The molecule has 1 amide bonds. The molecule has 1 fully saturated rings. The van der Waals surface area contributed by atoms with E-state index >= 15 is 0 Å². The number of halogens is 1. The number of carbonyl (C=O) groups excluding carboxylic acids is 1. The molecule has 0 saturated carbocycles. The Labute approximate surface area is 127 Å². The van der Waals surface area contributed by atoms with E-state index in [-0.39, 0.29) is 24.2 Å². The first-order valence-electron chi connectivity index (χ1n) is 6.92. The van der Waals surface area contributed by atoms with Crippen LogP contribution in [-0.2, 0) is 16.0 Å². The SMILES string of the molecule is CC1CN(C(=O)C2Cc3ccccc3O2)CC(CBr)O1. The van der Waals surface area contributed by atoms with E-state index in [1.165, 1.54) is 0 Å². The highest BCUT2D eigenvalue weighted by Crippen LogP contribution is 2.29. The van der Waals surface area contributed by atoms with Crippen molar-refractivity contribution in [1.82, 2.24) is 4.90 Å². The third-order valence-electron chi connectivity index (χ3n) is 3.73. The molecule has 2 aliphatic heterocycles. The first-order valence-corrected chi connectivity index (χ1v) is 8.04. The van der Waals surface area contributed by atoms with Crippen molar-refractivity contribution in [2.45, 2.75) is 31.7 Å². The third-order valence-corrected chi connectivity index (χ3v) is 4.45. The highest BCUT2D eigenvalue weighted by molar-refractivity contribution is 9.09. The molecule has 1 aromatic rings. The topological polar surface area (TPSA) is 38.8 Å². The normalized spacial score (nSPS) is 28.9. The van der Waals surface area contributed by atoms with Crippen molar-refractivity contribution in [1.29, 1.82) is 0 Å². The van der Waals surface area contributed by atoms with E-state index in [2.05, 4.69) is 15.9 Å². The van der Waals surface area contributed by atoms with Gasteiger partial charge in [0.25, 0.3) is 5.91 Å². The maximum atomic E-state index is 12.6. The molecule has 0 radical (unpaired) electrons. The summed E-state index contributed by atoms with van der Waals surface area (Å²) in [6, 6.07) is 7.85. The molecule has 2 heterocycles. The second kappa shape index (κ2) is 5.74. The summed E-state index contributed by atoms with van der Waals surface area (Å²) in [5, 5.41) is 0.743. The van der Waals surface area contributed by atoms with Crippen molar-refractivity contribution >= 4 is 21.8 Å². The minimum atomic E-state index is -0.381. The number of carbonyl (C=O) groups is 1. The number of ether oxygens (including phenoxy) is 2. The molecule has 3 rings (SSSR count). The molecule has 1 saturated heterocycles. The lowest BCUT2D eigenvalue weighted by molar-refractivity contribution is -0.149. The van der Waals surface area contributed by atoms with Gasteiger partial charge in [0.15, 0.2) is 6.10 Å². The molecule has 4 nitrogen and oxygen atoms in total. The van der Waals surface area contributed by atoms with Crippen LogP contribution in [0.25, 0.3) is 0 Å². The van der Waals surface area contributed by atoms with Gasteiger partial charge in [0.1, 0.15) is 5.75 Å². The Hall–Kier alpha value is -1.07. The Morgan fingerprint density at radius 1 is 1.40 bits per heavy atom. The summed E-state index contributed by atoms with van der Waals surface area (Å²) in [6.07, 6.45) is 0.416. The number of morpholine rings is 1. The molecule has 1 aromatic carbocycles. The minimum absolute atomic E-state index is 0.0616. The number of fused-ring (bicyclic) bond motifs is 1. The number of hydrogen-bond donors (Lipinski definition) is 0. The van der Waals surface area contributed by atoms with Crippen LogP contribution >= 0.6 is 15.9 Å². The standard InChI is InChI=1S/C15H18BrNO3/c1-10-8-17(9-12(7-16)19-10)15(18)14-6-11-4-2-3-5-13(11)20-14/h2-5,10,12,14H,6-9H2,1H3. The molecule has 2 aliphatic rings. The highest BCUT2D eigenvalue weighted by atomic mass is 79.9. The van der Waals surface area contributed by atoms with Gasteiger partial charge in [-0.1, -0.05) is 34.1 Å². The maximum absolute atomic E-state index is 12.6. The fraction of sp³-hybridized carbons (Fsp3) is 0.533. The monoisotopic (exact) mass is 339 g/mol. The van der Waals surface area contributed by atoms with Gasteiger partial charge in [0.2, 0.25) is 0 Å². The fourth-order valence-electron chi connectivity index (χ4n) is 2.83. The van der Waals surface area contributed by atoms with Gasteiger partial charge in [0, 0.05) is 24.8 Å². The fourth-order valence-corrected chi connectivity index (χ4v) is 3.19. The number of rotatable bonds is 2. The number of para-hydroxylation sites is 1. The van der Waals surface area contributed by atoms with Crippen LogP contribution in [0.5, 0.6) is 5.75 Å². The molecule has 108 valence electrons. The van der Waals surface area contributed by atoms with Gasteiger partial charge in [0.05, 0.1) is 12.2 Å². The predicted molar refractivity (Wildman–Crippen MR) is 79.3 cm³/mol. The molecule has 3 unspecified atom stereocenters. The average molecular weight is 340 g/mol. The zero-order valence-electron chi connectivity index (χ0n) is 11.4. The number of benzene rings is 1. The lowest BCUT2D eigenvalue weighted by Gasteiger charge is -2.37. The minimum Gasteiger partial charge on any atom is -0.480 e. The maximum Gasteiger partial charge on any atom is 0.264 e. The Bertz CT molecular complexity index is 483. The molecule has 0 aliphatic carbocycles. The van der Waals surface area contributed by atoms with Crippen molar-refractivity contribution in [2.75, 3.05) is 18.4 Å². The van der Waals surface area contributed by atoms with Gasteiger partial charge in [-0.25, -0.2) is 0 Å². The van der Waals surface area contributed by atoms with E-state index in [9.17, 15) is 4.79 Å². The van der Waals surface area contributed by atoms with Gasteiger partial charge in [-0.15, -0.1) is 0 Å². The first-order chi connectivity index (χ1) is 9.67. The van der Waals surface area contributed by atoms with Crippen molar-refractivity contribution < 1.29 is 14.3 Å². The molecule has 3 atom stereocenters. The molecule has 0 bridgehead atoms. The van der Waals surface area contributed by atoms with Crippen molar-refractivity contribution in [2.24, 2.45) is 0 Å². The summed E-state index contributed by atoms with van der Waals surface area (Å²) in [7, 11) is 0. The summed E-state index contributed by atoms with van der Waals surface area (Å²) >= 11 is 3.43. The van der Waals surface area contributed by atoms with E-state index < -0.39 is 0 Å². The molecule has 20 heavy (non-hydrogen) atoms. The van der Waals surface area contributed by atoms with Crippen LogP contribution in [0.15, 0.2) is 24.3 Å². The average Bonchev–Trinajstić information content (AvgIpc) is 2.89. The molecular weight excluding hydrogens is 322 g/mol. The first kappa shape index (κ1) is 13.9. The number of alkyl halides is 1. The summed E-state index contributed by atoms with van der Waals surface area (Å²) in [5.41, 5.74) is 1.11.